The van der Waals surface area contributed by atoms with Crippen LogP contribution in [-0.2, 0) is 6.54 Å². The zero-order valence-electron chi connectivity index (χ0n) is 9.32. The van der Waals surface area contributed by atoms with Gasteiger partial charge in [-0.05, 0) is 6.07 Å². The van der Waals surface area contributed by atoms with Gasteiger partial charge in [-0.3, -0.25) is 4.90 Å². The van der Waals surface area contributed by atoms with E-state index in [-0.39, 0.29) is 0 Å². The molecule has 1 aliphatic rings. The highest BCUT2D eigenvalue weighted by Gasteiger charge is 2.14. The molecule has 0 aromatic carbocycles. The molecule has 0 spiro atoms. The maximum Gasteiger partial charge on any atom is 0.284 e. The lowest BCUT2D eigenvalue weighted by molar-refractivity contribution is -0.510. The van der Waals surface area contributed by atoms with E-state index < -0.39 is 0 Å². The molecule has 0 radical (unpaired) electrons. The van der Waals surface area contributed by atoms with Crippen LogP contribution in [0.3, 0.4) is 0 Å². The quantitative estimate of drug-likeness (QED) is 0.703. The monoisotopic (exact) mass is 217 g/mol. The summed E-state index contributed by atoms with van der Waals surface area (Å²) < 4.78 is 2.14. The van der Waals surface area contributed by atoms with E-state index in [0.717, 1.165) is 38.4 Å². The van der Waals surface area contributed by atoms with Crippen LogP contribution in [0.2, 0.25) is 0 Å². The van der Waals surface area contributed by atoms with Crippen molar-refractivity contribution in [2.75, 3.05) is 26.2 Å². The molecule has 1 fully saturated rings. The number of nitrogens with zero attached hydrogens (tertiary/aromatic N) is 2. The van der Waals surface area contributed by atoms with E-state index in [1.54, 1.807) is 0 Å². The molecule has 0 aliphatic carbocycles. The minimum absolute atomic E-state index is 1.02. The Labute approximate surface area is 94.9 Å². The van der Waals surface area contributed by atoms with E-state index in [1.807, 2.05) is 0 Å². The van der Waals surface area contributed by atoms with Gasteiger partial charge in [0, 0.05) is 32.2 Å². The molecule has 16 heavy (non-hydrogen) atoms. The van der Waals surface area contributed by atoms with Crippen molar-refractivity contribution < 1.29 is 4.40 Å². The molecule has 0 amide bonds. The number of aromatic amines is 1. The van der Waals surface area contributed by atoms with Crippen LogP contribution in [0, 0.1) is 0 Å². The molecule has 4 nitrogen and oxygen atoms in total. The molecule has 2 aromatic heterocycles. The largest absolute Gasteiger partial charge is 0.314 e. The van der Waals surface area contributed by atoms with Crippen molar-refractivity contribution in [2.24, 2.45) is 0 Å². The lowest BCUT2D eigenvalue weighted by Gasteiger charge is -2.25. The normalized spacial score (nSPS) is 18.0. The van der Waals surface area contributed by atoms with Crippen molar-refractivity contribution in [1.29, 1.82) is 0 Å². The molecule has 0 bridgehead atoms. The fourth-order valence-electron chi connectivity index (χ4n) is 2.23. The first-order valence-corrected chi connectivity index (χ1v) is 5.83. The van der Waals surface area contributed by atoms with Crippen molar-refractivity contribution >= 4 is 5.65 Å². The summed E-state index contributed by atoms with van der Waals surface area (Å²) in [7, 11) is 0. The fourth-order valence-corrected chi connectivity index (χ4v) is 2.23. The molecule has 2 aromatic rings. The summed E-state index contributed by atoms with van der Waals surface area (Å²) >= 11 is 0. The number of piperazine rings is 1. The fraction of sp³-hybridized carbons (Fsp3) is 0.417. The topological polar surface area (TPSA) is 35.2 Å². The molecule has 84 valence electrons. The first-order chi connectivity index (χ1) is 7.92. The molecule has 4 heteroatoms. The minimum Gasteiger partial charge on any atom is -0.314 e. The van der Waals surface area contributed by atoms with E-state index >= 15 is 0 Å². The predicted octanol–water partition coefficient (Wildman–Crippen LogP) is 0.159. The van der Waals surface area contributed by atoms with Gasteiger partial charge in [-0.15, -0.1) is 0 Å². The van der Waals surface area contributed by atoms with Crippen molar-refractivity contribution in [3.63, 3.8) is 0 Å². The van der Waals surface area contributed by atoms with E-state index in [4.69, 9.17) is 0 Å². The summed E-state index contributed by atoms with van der Waals surface area (Å²) in [5, 5.41) is 3.37. The second-order valence-electron chi connectivity index (χ2n) is 4.30. The van der Waals surface area contributed by atoms with Gasteiger partial charge < -0.3 is 5.32 Å². The number of hydrogen-bond donors (Lipinski definition) is 2. The van der Waals surface area contributed by atoms with Crippen molar-refractivity contribution in [3.8, 4) is 0 Å². The van der Waals surface area contributed by atoms with Crippen LogP contribution in [0.5, 0.6) is 0 Å². The third-order valence-corrected chi connectivity index (χ3v) is 3.08. The van der Waals surface area contributed by atoms with Crippen LogP contribution in [0.15, 0.2) is 30.6 Å². The van der Waals surface area contributed by atoms with Crippen molar-refractivity contribution in [3.05, 3.63) is 36.3 Å². The number of fused-ring (bicyclic) bond motifs is 1. The highest BCUT2D eigenvalue weighted by atomic mass is 15.2. The van der Waals surface area contributed by atoms with E-state index in [2.05, 4.69) is 50.2 Å². The van der Waals surface area contributed by atoms with Gasteiger partial charge in [0.25, 0.3) is 5.65 Å². The summed E-state index contributed by atoms with van der Waals surface area (Å²) in [6.45, 7) is 5.50. The highest BCUT2D eigenvalue weighted by molar-refractivity contribution is 5.29. The third-order valence-electron chi connectivity index (χ3n) is 3.08. The van der Waals surface area contributed by atoms with Gasteiger partial charge in [0.2, 0.25) is 0 Å². The molecule has 0 saturated carbocycles. The number of pyridine rings is 1. The van der Waals surface area contributed by atoms with Crippen LogP contribution < -0.4 is 9.72 Å². The van der Waals surface area contributed by atoms with Gasteiger partial charge in [0.1, 0.15) is 6.20 Å². The zero-order valence-corrected chi connectivity index (χ0v) is 9.32. The summed E-state index contributed by atoms with van der Waals surface area (Å²) in [6, 6.07) is 6.21. The number of H-pyrrole nitrogens is 1. The van der Waals surface area contributed by atoms with Crippen molar-refractivity contribution in [2.45, 2.75) is 6.54 Å². The zero-order chi connectivity index (χ0) is 10.8. The Balaban J connectivity index is 1.78. The second kappa shape index (κ2) is 4.23. The maximum atomic E-state index is 3.44. The lowest BCUT2D eigenvalue weighted by Crippen LogP contribution is -2.42. The lowest BCUT2D eigenvalue weighted by atomic mass is 10.3. The van der Waals surface area contributed by atoms with Crippen LogP contribution in [0.4, 0.5) is 0 Å². The summed E-state index contributed by atoms with van der Waals surface area (Å²) in [6.07, 6.45) is 4.25. The van der Waals surface area contributed by atoms with Crippen LogP contribution in [-0.4, -0.2) is 36.1 Å². The molecular weight excluding hydrogens is 200 g/mol. The first kappa shape index (κ1) is 9.81. The highest BCUT2D eigenvalue weighted by Crippen LogP contribution is 2.03. The Kier molecular flexibility index (Phi) is 2.60. The molecule has 3 heterocycles. The SMILES string of the molecule is c1cc[n+]2cc(CN3CCNCC3)[nH]c2c1. The standard InChI is InChI=1S/C12H16N4/c1-2-6-16-10-11(14-12(16)3-1)9-15-7-4-13-5-8-15/h1-3,6,10,13H,4-5,7-9H2/p+1. The summed E-state index contributed by atoms with van der Waals surface area (Å²) in [5.41, 5.74) is 2.45. The third kappa shape index (κ3) is 1.94. The number of imidazole rings is 1. The smallest absolute Gasteiger partial charge is 0.284 e. The van der Waals surface area contributed by atoms with Crippen LogP contribution in [0.25, 0.3) is 5.65 Å². The Bertz CT molecular complexity index is 438. The molecule has 2 N–H and O–H groups in total. The first-order valence-electron chi connectivity index (χ1n) is 5.83. The predicted molar refractivity (Wildman–Crippen MR) is 62.1 cm³/mol. The molecule has 3 rings (SSSR count). The van der Waals surface area contributed by atoms with E-state index in [1.165, 1.54) is 5.69 Å². The second-order valence-corrected chi connectivity index (χ2v) is 4.30. The van der Waals surface area contributed by atoms with Gasteiger partial charge in [0.05, 0.1) is 12.7 Å². The Morgan fingerprint density at radius 3 is 2.94 bits per heavy atom. The van der Waals surface area contributed by atoms with Gasteiger partial charge in [-0.25, -0.2) is 9.38 Å². The average molecular weight is 217 g/mol. The number of aromatic nitrogens is 2. The molecule has 0 atom stereocenters. The molecule has 1 aliphatic heterocycles. The van der Waals surface area contributed by atoms with Crippen LogP contribution in [0.1, 0.15) is 5.69 Å². The average Bonchev–Trinajstić information content (AvgIpc) is 2.72. The maximum absolute atomic E-state index is 3.44. The number of rotatable bonds is 2. The van der Waals surface area contributed by atoms with E-state index in [9.17, 15) is 0 Å². The molecular formula is C12H17N4+. The Hall–Kier alpha value is -1.39. The molecule has 0 unspecified atom stereocenters. The van der Waals surface area contributed by atoms with Crippen molar-refractivity contribution in [1.82, 2.24) is 15.2 Å². The Morgan fingerprint density at radius 2 is 2.12 bits per heavy atom. The van der Waals surface area contributed by atoms with Gasteiger partial charge in [-0.1, -0.05) is 6.07 Å². The van der Waals surface area contributed by atoms with Gasteiger partial charge in [0.15, 0.2) is 5.69 Å². The summed E-state index contributed by atoms with van der Waals surface area (Å²) in [4.78, 5) is 5.92. The summed E-state index contributed by atoms with van der Waals surface area (Å²) in [5.74, 6) is 0. The number of nitrogens with one attached hydrogen (secondary N) is 2. The number of hydrogen-bond acceptors (Lipinski definition) is 2. The molecule has 1 saturated heterocycles. The minimum atomic E-state index is 1.02. The van der Waals surface area contributed by atoms with E-state index in [0.29, 0.717) is 0 Å². The van der Waals surface area contributed by atoms with Gasteiger partial charge in [-0.2, -0.15) is 0 Å². The van der Waals surface area contributed by atoms with Crippen LogP contribution >= 0.6 is 0 Å². The van der Waals surface area contributed by atoms with Gasteiger partial charge >= 0.3 is 0 Å². The Morgan fingerprint density at radius 1 is 1.25 bits per heavy atom.